The molecule has 5 heteroatoms. The molecule has 106 valence electrons. The van der Waals surface area contributed by atoms with Gasteiger partial charge in [-0.25, -0.2) is 4.39 Å². The van der Waals surface area contributed by atoms with Crippen molar-refractivity contribution >= 4 is 11.4 Å². The van der Waals surface area contributed by atoms with Crippen molar-refractivity contribution in [2.45, 2.75) is 25.8 Å². The fraction of sp³-hybridized carbons (Fsp3) is 0.571. The summed E-state index contributed by atoms with van der Waals surface area (Å²) in [5.74, 6) is -0.152. The van der Waals surface area contributed by atoms with Gasteiger partial charge in [0, 0.05) is 31.8 Å². The number of halogens is 1. The third-order valence-electron chi connectivity index (χ3n) is 3.21. The van der Waals surface area contributed by atoms with E-state index >= 15 is 0 Å². The zero-order chi connectivity index (χ0) is 13.8. The number of hydrogen-bond donors (Lipinski definition) is 1. The summed E-state index contributed by atoms with van der Waals surface area (Å²) in [5.41, 5.74) is 7.23. The summed E-state index contributed by atoms with van der Waals surface area (Å²) in [5, 5.41) is 0. The van der Waals surface area contributed by atoms with Gasteiger partial charge in [-0.05, 0) is 19.8 Å². The van der Waals surface area contributed by atoms with Crippen molar-refractivity contribution in [2.75, 3.05) is 37.5 Å². The summed E-state index contributed by atoms with van der Waals surface area (Å²) in [4.78, 5) is 2.18. The van der Waals surface area contributed by atoms with E-state index in [1.807, 2.05) is 6.92 Å². The molecule has 1 saturated carbocycles. The molecule has 0 amide bonds. The Morgan fingerprint density at radius 3 is 2.74 bits per heavy atom. The Labute approximate surface area is 113 Å². The van der Waals surface area contributed by atoms with Gasteiger partial charge in [0.2, 0.25) is 0 Å². The van der Waals surface area contributed by atoms with Crippen LogP contribution in [0.15, 0.2) is 12.1 Å². The van der Waals surface area contributed by atoms with Crippen molar-refractivity contribution in [3.63, 3.8) is 0 Å². The molecule has 0 unspecified atom stereocenters. The predicted octanol–water partition coefficient (Wildman–Crippen LogP) is 2.42. The Kier molecular flexibility index (Phi) is 4.47. The summed E-state index contributed by atoms with van der Waals surface area (Å²) >= 11 is 0. The molecule has 1 fully saturated rings. The Balaban J connectivity index is 2.26. The monoisotopic (exact) mass is 268 g/mol. The van der Waals surface area contributed by atoms with E-state index in [1.54, 1.807) is 13.2 Å². The van der Waals surface area contributed by atoms with Crippen LogP contribution in [0.2, 0.25) is 0 Å². The number of rotatable bonds is 7. The molecule has 19 heavy (non-hydrogen) atoms. The minimum Gasteiger partial charge on any atom is -0.491 e. The number of anilines is 2. The van der Waals surface area contributed by atoms with Crippen molar-refractivity contribution in [1.82, 2.24) is 0 Å². The number of methoxy groups -OCH3 is 1. The summed E-state index contributed by atoms with van der Waals surface area (Å²) in [6.07, 6.45) is 2.29. The quantitative estimate of drug-likeness (QED) is 0.772. The summed E-state index contributed by atoms with van der Waals surface area (Å²) in [6, 6.07) is 3.52. The molecule has 1 aromatic carbocycles. The predicted molar refractivity (Wildman–Crippen MR) is 74.2 cm³/mol. The first-order valence-electron chi connectivity index (χ1n) is 6.64. The molecule has 2 N–H and O–H groups in total. The number of hydrogen-bond acceptors (Lipinski definition) is 4. The maximum atomic E-state index is 13.7. The highest BCUT2D eigenvalue weighted by atomic mass is 19.1. The van der Waals surface area contributed by atoms with Crippen molar-refractivity contribution in [3.8, 4) is 5.75 Å². The minimum absolute atomic E-state index is 0.259. The second kappa shape index (κ2) is 6.10. The van der Waals surface area contributed by atoms with Crippen LogP contribution in [0.4, 0.5) is 15.8 Å². The third kappa shape index (κ3) is 3.29. The van der Waals surface area contributed by atoms with Gasteiger partial charge < -0.3 is 20.1 Å². The van der Waals surface area contributed by atoms with Gasteiger partial charge in [0.1, 0.15) is 0 Å². The summed E-state index contributed by atoms with van der Waals surface area (Å²) < 4.78 is 24.1. The zero-order valence-corrected chi connectivity index (χ0v) is 11.5. The van der Waals surface area contributed by atoms with E-state index in [2.05, 4.69) is 4.90 Å². The molecular formula is C14H21FN2O2. The highest BCUT2D eigenvalue weighted by Crippen LogP contribution is 2.37. The van der Waals surface area contributed by atoms with Crippen molar-refractivity contribution in [1.29, 1.82) is 0 Å². The second-order valence-electron chi connectivity index (χ2n) is 4.69. The smallest absolute Gasteiger partial charge is 0.167 e. The van der Waals surface area contributed by atoms with Gasteiger partial charge in [-0.15, -0.1) is 0 Å². The molecule has 0 spiro atoms. The molecule has 4 nitrogen and oxygen atoms in total. The standard InChI is InChI=1S/C14H21FN2O2/c1-3-19-14-9-13(12(16)8-11(14)15)17(6-7-18-2)10-4-5-10/h8-10H,3-7,16H2,1-2H3. The molecule has 2 rings (SSSR count). The lowest BCUT2D eigenvalue weighted by molar-refractivity contribution is 0.205. The largest absolute Gasteiger partial charge is 0.491 e. The second-order valence-corrected chi connectivity index (χ2v) is 4.69. The van der Waals surface area contributed by atoms with Crippen LogP contribution in [-0.2, 0) is 4.74 Å². The van der Waals surface area contributed by atoms with Crippen molar-refractivity contribution < 1.29 is 13.9 Å². The number of nitrogens with two attached hydrogens (primary N) is 1. The lowest BCUT2D eigenvalue weighted by Crippen LogP contribution is -2.30. The van der Waals surface area contributed by atoms with E-state index in [0.29, 0.717) is 24.9 Å². The Bertz CT molecular complexity index is 436. The highest BCUT2D eigenvalue weighted by Gasteiger charge is 2.30. The lowest BCUT2D eigenvalue weighted by Gasteiger charge is -2.26. The summed E-state index contributed by atoms with van der Waals surface area (Å²) in [7, 11) is 1.67. The van der Waals surface area contributed by atoms with Crippen LogP contribution in [0.5, 0.6) is 5.75 Å². The number of nitrogen functional groups attached to an aromatic ring is 1. The SMILES string of the molecule is CCOc1cc(N(CCOC)C2CC2)c(N)cc1F. The van der Waals surface area contributed by atoms with Gasteiger partial charge in [0.15, 0.2) is 11.6 Å². The van der Waals surface area contributed by atoms with Crippen LogP contribution < -0.4 is 15.4 Å². The van der Waals surface area contributed by atoms with Gasteiger partial charge in [-0.3, -0.25) is 0 Å². The molecular weight excluding hydrogens is 247 g/mol. The molecule has 0 radical (unpaired) electrons. The maximum Gasteiger partial charge on any atom is 0.167 e. The van der Waals surface area contributed by atoms with Gasteiger partial charge in [0.25, 0.3) is 0 Å². The van der Waals surface area contributed by atoms with E-state index < -0.39 is 5.82 Å². The first-order valence-corrected chi connectivity index (χ1v) is 6.64. The third-order valence-corrected chi connectivity index (χ3v) is 3.21. The fourth-order valence-electron chi connectivity index (χ4n) is 2.15. The normalized spacial score (nSPS) is 14.5. The highest BCUT2D eigenvalue weighted by molar-refractivity contribution is 5.71. The van der Waals surface area contributed by atoms with Crippen LogP contribution in [0.25, 0.3) is 0 Å². The van der Waals surface area contributed by atoms with Crippen LogP contribution in [0, 0.1) is 5.82 Å². The Hall–Kier alpha value is -1.49. The molecule has 0 heterocycles. The van der Waals surface area contributed by atoms with Gasteiger partial charge in [-0.1, -0.05) is 0 Å². The number of benzene rings is 1. The van der Waals surface area contributed by atoms with E-state index in [9.17, 15) is 4.39 Å². The van der Waals surface area contributed by atoms with Crippen LogP contribution >= 0.6 is 0 Å². The minimum atomic E-state index is -0.411. The first-order chi connectivity index (χ1) is 9.17. The molecule has 0 aromatic heterocycles. The molecule has 1 aliphatic carbocycles. The van der Waals surface area contributed by atoms with Gasteiger partial charge in [0.05, 0.1) is 24.6 Å². The van der Waals surface area contributed by atoms with Crippen LogP contribution in [-0.4, -0.2) is 32.9 Å². The van der Waals surface area contributed by atoms with E-state index in [1.165, 1.54) is 6.07 Å². The first kappa shape index (κ1) is 13.9. The molecule has 0 atom stereocenters. The van der Waals surface area contributed by atoms with Crippen LogP contribution in [0.3, 0.4) is 0 Å². The Morgan fingerprint density at radius 2 is 2.16 bits per heavy atom. The van der Waals surface area contributed by atoms with Gasteiger partial charge in [-0.2, -0.15) is 0 Å². The molecule has 0 saturated heterocycles. The van der Waals surface area contributed by atoms with Gasteiger partial charge >= 0.3 is 0 Å². The zero-order valence-electron chi connectivity index (χ0n) is 11.5. The van der Waals surface area contributed by atoms with Crippen molar-refractivity contribution in [2.24, 2.45) is 0 Å². The van der Waals surface area contributed by atoms with Crippen LogP contribution in [0.1, 0.15) is 19.8 Å². The van der Waals surface area contributed by atoms with E-state index in [4.69, 9.17) is 15.2 Å². The number of ether oxygens (including phenoxy) is 2. The topological polar surface area (TPSA) is 47.7 Å². The summed E-state index contributed by atoms with van der Waals surface area (Å²) in [6.45, 7) is 3.64. The lowest BCUT2D eigenvalue weighted by atomic mass is 10.2. The number of nitrogens with zero attached hydrogens (tertiary/aromatic N) is 1. The average Bonchev–Trinajstić information content (AvgIpc) is 3.19. The van der Waals surface area contributed by atoms with E-state index in [0.717, 1.165) is 25.1 Å². The molecule has 0 bridgehead atoms. The maximum absolute atomic E-state index is 13.7. The average molecular weight is 268 g/mol. The molecule has 0 aliphatic heterocycles. The van der Waals surface area contributed by atoms with E-state index in [-0.39, 0.29) is 5.75 Å². The van der Waals surface area contributed by atoms with Crippen molar-refractivity contribution in [3.05, 3.63) is 17.9 Å². The Morgan fingerprint density at radius 1 is 1.42 bits per heavy atom. The molecule has 1 aromatic rings. The fourth-order valence-corrected chi connectivity index (χ4v) is 2.15. The molecule has 1 aliphatic rings.